The molecule has 3 rings (SSSR count). The molecule has 1 amide bonds. The second-order valence-electron chi connectivity index (χ2n) is 4.02. The van der Waals surface area contributed by atoms with Crippen molar-refractivity contribution in [3.05, 3.63) is 46.6 Å². The summed E-state index contributed by atoms with van der Waals surface area (Å²) in [5.41, 5.74) is 0.420. The predicted molar refractivity (Wildman–Crippen MR) is 70.0 cm³/mol. The van der Waals surface area contributed by atoms with Crippen molar-refractivity contribution in [2.45, 2.75) is 0 Å². The maximum Gasteiger partial charge on any atom is 0.294 e. The van der Waals surface area contributed by atoms with Gasteiger partial charge in [-0.15, -0.1) is 0 Å². The van der Waals surface area contributed by atoms with Crippen molar-refractivity contribution in [3.8, 4) is 5.75 Å². The summed E-state index contributed by atoms with van der Waals surface area (Å²) < 4.78 is 24.4. The zero-order chi connectivity index (χ0) is 13.4. The second-order valence-corrected chi connectivity index (χ2v) is 4.80. The van der Waals surface area contributed by atoms with Gasteiger partial charge in [-0.1, -0.05) is 0 Å². The quantitative estimate of drug-likeness (QED) is 0.808. The molecule has 6 heteroatoms. The first-order valence-corrected chi connectivity index (χ1v) is 6.44. The molecule has 0 atom stereocenters. The van der Waals surface area contributed by atoms with Crippen molar-refractivity contribution in [3.63, 3.8) is 0 Å². The number of ether oxygens (including phenoxy) is 1. The van der Waals surface area contributed by atoms with Gasteiger partial charge in [-0.2, -0.15) is 0 Å². The van der Waals surface area contributed by atoms with Gasteiger partial charge in [0.15, 0.2) is 10.4 Å². The molecule has 0 bridgehead atoms. The fourth-order valence-corrected chi connectivity index (χ4v) is 2.27. The minimum absolute atomic E-state index is 0.198. The van der Waals surface area contributed by atoms with Gasteiger partial charge in [-0.05, 0) is 40.2 Å². The third-order valence-corrected chi connectivity index (χ3v) is 3.24. The van der Waals surface area contributed by atoms with Gasteiger partial charge >= 0.3 is 0 Å². The van der Waals surface area contributed by atoms with Crippen LogP contribution >= 0.6 is 15.9 Å². The van der Waals surface area contributed by atoms with Crippen LogP contribution in [0.2, 0.25) is 0 Å². The topological polar surface area (TPSA) is 42.7 Å². The Morgan fingerprint density at radius 2 is 2.16 bits per heavy atom. The Bertz CT molecular complexity index is 641. The number of carbonyl (C=O) groups excluding carboxylic acids is 1. The second kappa shape index (κ2) is 4.70. The average Bonchev–Trinajstić information content (AvgIpc) is 2.84. The normalized spacial score (nSPS) is 13.9. The number of halogens is 2. The van der Waals surface area contributed by atoms with E-state index in [0.717, 1.165) is 0 Å². The SMILES string of the molecule is O=C(c1ccc(Br)o1)N1CCOc2ccc(F)cc21. The first-order valence-electron chi connectivity index (χ1n) is 5.65. The minimum atomic E-state index is -0.414. The van der Waals surface area contributed by atoms with Crippen molar-refractivity contribution in [1.82, 2.24) is 0 Å². The zero-order valence-electron chi connectivity index (χ0n) is 9.73. The molecular weight excluding hydrogens is 317 g/mol. The van der Waals surface area contributed by atoms with Crippen LogP contribution in [-0.4, -0.2) is 19.1 Å². The van der Waals surface area contributed by atoms with E-state index >= 15 is 0 Å². The maximum atomic E-state index is 13.3. The van der Waals surface area contributed by atoms with E-state index in [9.17, 15) is 9.18 Å². The summed E-state index contributed by atoms with van der Waals surface area (Å²) in [6, 6.07) is 7.31. The van der Waals surface area contributed by atoms with Crippen LogP contribution in [0.5, 0.6) is 5.75 Å². The van der Waals surface area contributed by atoms with Crippen molar-refractivity contribution < 1.29 is 18.3 Å². The summed E-state index contributed by atoms with van der Waals surface area (Å²) in [5, 5.41) is 0. The number of carbonyl (C=O) groups is 1. The van der Waals surface area contributed by atoms with Gasteiger partial charge in [0.05, 0.1) is 12.2 Å². The summed E-state index contributed by atoms with van der Waals surface area (Å²) in [6.07, 6.45) is 0. The molecule has 2 heterocycles. The van der Waals surface area contributed by atoms with E-state index < -0.39 is 5.82 Å². The Labute approximate surface area is 116 Å². The molecular formula is C13H9BrFNO3. The van der Waals surface area contributed by atoms with Crippen LogP contribution in [0.3, 0.4) is 0 Å². The van der Waals surface area contributed by atoms with Crippen molar-refractivity contribution in [1.29, 1.82) is 0 Å². The van der Waals surface area contributed by atoms with Gasteiger partial charge in [0.1, 0.15) is 18.2 Å². The molecule has 0 saturated heterocycles. The lowest BCUT2D eigenvalue weighted by Gasteiger charge is -2.28. The van der Waals surface area contributed by atoms with Gasteiger partial charge in [-0.3, -0.25) is 9.69 Å². The number of fused-ring (bicyclic) bond motifs is 1. The molecule has 0 radical (unpaired) electrons. The molecule has 0 fully saturated rings. The molecule has 4 nitrogen and oxygen atoms in total. The highest BCUT2D eigenvalue weighted by Gasteiger charge is 2.27. The highest BCUT2D eigenvalue weighted by molar-refractivity contribution is 9.10. The summed E-state index contributed by atoms with van der Waals surface area (Å²) in [6.45, 7) is 0.722. The molecule has 0 saturated carbocycles. The monoisotopic (exact) mass is 325 g/mol. The summed E-state index contributed by atoms with van der Waals surface area (Å²) in [7, 11) is 0. The van der Waals surface area contributed by atoms with Crippen molar-refractivity contribution >= 4 is 27.5 Å². The highest BCUT2D eigenvalue weighted by atomic mass is 79.9. The first kappa shape index (κ1) is 12.2. The summed E-state index contributed by atoms with van der Waals surface area (Å²) in [5.74, 6) is -0.0425. The third-order valence-electron chi connectivity index (χ3n) is 2.81. The molecule has 98 valence electrons. The van der Waals surface area contributed by atoms with E-state index in [1.165, 1.54) is 23.1 Å². The Balaban J connectivity index is 1.99. The van der Waals surface area contributed by atoms with Crippen molar-refractivity contribution in [2.24, 2.45) is 0 Å². The molecule has 1 aliphatic heterocycles. The Morgan fingerprint density at radius 3 is 2.89 bits per heavy atom. The van der Waals surface area contributed by atoms with E-state index in [1.54, 1.807) is 12.1 Å². The van der Waals surface area contributed by atoms with Gasteiger partial charge in [-0.25, -0.2) is 4.39 Å². The van der Waals surface area contributed by atoms with Crippen molar-refractivity contribution in [2.75, 3.05) is 18.1 Å². The molecule has 1 aromatic carbocycles. The summed E-state index contributed by atoms with van der Waals surface area (Å²) in [4.78, 5) is 13.8. The van der Waals surface area contributed by atoms with Crippen LogP contribution in [0.25, 0.3) is 0 Å². The van der Waals surface area contributed by atoms with E-state index in [-0.39, 0.29) is 11.7 Å². The predicted octanol–water partition coefficient (Wildman–Crippen LogP) is 3.22. The van der Waals surface area contributed by atoms with Gasteiger partial charge in [0, 0.05) is 6.07 Å². The lowest BCUT2D eigenvalue weighted by Crippen LogP contribution is -2.37. The number of nitrogens with zero attached hydrogens (tertiary/aromatic N) is 1. The lowest BCUT2D eigenvalue weighted by molar-refractivity contribution is 0.0948. The highest BCUT2D eigenvalue weighted by Crippen LogP contribution is 2.33. The standard InChI is InChI=1S/C13H9BrFNO3/c14-12-4-3-11(19-12)13(17)16-5-6-18-10-2-1-8(15)7-9(10)16/h1-4,7H,5-6H2. The molecule has 0 aliphatic carbocycles. The smallest absolute Gasteiger partial charge is 0.294 e. The maximum absolute atomic E-state index is 13.3. The molecule has 1 aromatic heterocycles. The molecule has 19 heavy (non-hydrogen) atoms. The average molecular weight is 326 g/mol. The van der Waals surface area contributed by atoms with Crippen LogP contribution in [0.15, 0.2) is 39.4 Å². The van der Waals surface area contributed by atoms with E-state index in [2.05, 4.69) is 15.9 Å². The molecule has 1 aliphatic rings. The Morgan fingerprint density at radius 1 is 1.32 bits per heavy atom. The van der Waals surface area contributed by atoms with Crippen LogP contribution in [0, 0.1) is 5.82 Å². The van der Waals surface area contributed by atoms with Gasteiger partial charge < -0.3 is 9.15 Å². The number of furan rings is 1. The number of hydrogen-bond acceptors (Lipinski definition) is 3. The first-order chi connectivity index (χ1) is 9.15. The van der Waals surface area contributed by atoms with E-state index in [0.29, 0.717) is 29.3 Å². The zero-order valence-corrected chi connectivity index (χ0v) is 11.3. The number of anilines is 1. The van der Waals surface area contributed by atoms with Gasteiger partial charge in [0.25, 0.3) is 5.91 Å². The lowest BCUT2D eigenvalue weighted by atomic mass is 10.2. The van der Waals surface area contributed by atoms with Crippen LogP contribution in [0.4, 0.5) is 10.1 Å². The van der Waals surface area contributed by atoms with Gasteiger partial charge in [0.2, 0.25) is 0 Å². The Hall–Kier alpha value is -1.82. The van der Waals surface area contributed by atoms with Crippen LogP contribution < -0.4 is 9.64 Å². The molecule has 0 N–H and O–H groups in total. The number of amides is 1. The molecule has 2 aromatic rings. The molecule has 0 spiro atoms. The number of rotatable bonds is 1. The fourth-order valence-electron chi connectivity index (χ4n) is 1.96. The van der Waals surface area contributed by atoms with E-state index in [4.69, 9.17) is 9.15 Å². The summed E-state index contributed by atoms with van der Waals surface area (Å²) >= 11 is 3.15. The minimum Gasteiger partial charge on any atom is -0.490 e. The number of hydrogen-bond donors (Lipinski definition) is 0. The van der Waals surface area contributed by atoms with Crippen LogP contribution in [0.1, 0.15) is 10.6 Å². The third kappa shape index (κ3) is 2.23. The Kier molecular flexibility index (Phi) is 3.02. The molecule has 0 unspecified atom stereocenters. The van der Waals surface area contributed by atoms with E-state index in [1.807, 2.05) is 0 Å². The largest absolute Gasteiger partial charge is 0.490 e. The number of benzene rings is 1. The van der Waals surface area contributed by atoms with Crippen LogP contribution in [-0.2, 0) is 0 Å². The fraction of sp³-hybridized carbons (Fsp3) is 0.154.